The Labute approximate surface area is 142 Å². The smallest absolute Gasteiger partial charge is 0.260 e. The van der Waals surface area contributed by atoms with Crippen molar-refractivity contribution in [2.75, 3.05) is 5.32 Å². The van der Waals surface area contributed by atoms with Crippen molar-refractivity contribution in [1.82, 2.24) is 5.32 Å². The van der Waals surface area contributed by atoms with E-state index >= 15 is 0 Å². The van der Waals surface area contributed by atoms with Gasteiger partial charge in [0, 0.05) is 10.2 Å². The van der Waals surface area contributed by atoms with Gasteiger partial charge in [-0.2, -0.15) is 0 Å². The first-order chi connectivity index (χ1) is 10.4. The molecule has 0 saturated heterocycles. The predicted octanol–water partition coefficient (Wildman–Crippen LogP) is 4.33. The molecular weight excluding hydrogens is 367 g/mol. The van der Waals surface area contributed by atoms with E-state index in [4.69, 9.17) is 12.2 Å². The van der Waals surface area contributed by atoms with Crippen LogP contribution in [0.4, 0.5) is 10.1 Å². The van der Waals surface area contributed by atoms with E-state index < -0.39 is 11.7 Å². The van der Waals surface area contributed by atoms with E-state index in [0.717, 1.165) is 21.3 Å². The first-order valence-corrected chi connectivity index (χ1v) is 7.72. The third kappa shape index (κ3) is 3.90. The molecule has 0 aliphatic rings. The number of anilines is 1. The predicted molar refractivity (Wildman–Crippen MR) is 93.7 cm³/mol. The van der Waals surface area contributed by atoms with Crippen molar-refractivity contribution in [2.24, 2.45) is 0 Å². The molecule has 0 aliphatic carbocycles. The van der Waals surface area contributed by atoms with Crippen molar-refractivity contribution in [3.05, 3.63) is 63.4 Å². The monoisotopic (exact) mass is 380 g/mol. The number of halogens is 2. The number of thiocarbonyl (C=S) groups is 1. The number of nitrogens with one attached hydrogen (secondary N) is 2. The summed E-state index contributed by atoms with van der Waals surface area (Å²) in [6, 6.07) is 9.64. The Kier molecular flexibility index (Phi) is 5.26. The zero-order valence-corrected chi connectivity index (χ0v) is 14.4. The Morgan fingerprint density at radius 3 is 2.36 bits per heavy atom. The van der Waals surface area contributed by atoms with Gasteiger partial charge in [0.25, 0.3) is 5.91 Å². The van der Waals surface area contributed by atoms with Crippen molar-refractivity contribution in [1.29, 1.82) is 0 Å². The number of rotatable bonds is 2. The lowest BCUT2D eigenvalue weighted by molar-refractivity contribution is 0.0974. The van der Waals surface area contributed by atoms with Crippen molar-refractivity contribution in [2.45, 2.75) is 13.8 Å². The number of hydrogen-bond donors (Lipinski definition) is 2. The first-order valence-electron chi connectivity index (χ1n) is 6.52. The fraction of sp³-hybridized carbons (Fsp3) is 0.125. The Balaban J connectivity index is 2.11. The van der Waals surface area contributed by atoms with Crippen LogP contribution in [0.5, 0.6) is 0 Å². The van der Waals surface area contributed by atoms with Gasteiger partial charge in [0.1, 0.15) is 5.82 Å². The van der Waals surface area contributed by atoms with Crippen molar-refractivity contribution in [3.63, 3.8) is 0 Å². The van der Waals surface area contributed by atoms with Crippen molar-refractivity contribution >= 4 is 44.9 Å². The molecule has 0 bridgehead atoms. The molecule has 0 aliphatic heterocycles. The summed E-state index contributed by atoms with van der Waals surface area (Å²) in [5.74, 6) is -1.16. The van der Waals surface area contributed by atoms with Gasteiger partial charge in [-0.15, -0.1) is 0 Å². The van der Waals surface area contributed by atoms with Gasteiger partial charge in [-0.05, 0) is 61.5 Å². The summed E-state index contributed by atoms with van der Waals surface area (Å²) in [5.41, 5.74) is 2.74. The topological polar surface area (TPSA) is 41.1 Å². The van der Waals surface area contributed by atoms with Crippen molar-refractivity contribution in [3.8, 4) is 0 Å². The molecular formula is C16H14BrFN2OS. The lowest BCUT2D eigenvalue weighted by Gasteiger charge is -2.15. The lowest BCUT2D eigenvalue weighted by atomic mass is 10.1. The average molecular weight is 381 g/mol. The van der Waals surface area contributed by atoms with Crippen LogP contribution in [0, 0.1) is 19.7 Å². The van der Waals surface area contributed by atoms with E-state index in [1.165, 1.54) is 18.2 Å². The van der Waals surface area contributed by atoms with E-state index in [2.05, 4.69) is 26.6 Å². The zero-order valence-electron chi connectivity index (χ0n) is 12.0. The van der Waals surface area contributed by atoms with Crippen molar-refractivity contribution < 1.29 is 9.18 Å². The molecule has 0 saturated carbocycles. The minimum absolute atomic E-state index is 0.0455. The second kappa shape index (κ2) is 6.98. The van der Waals surface area contributed by atoms with Crippen LogP contribution >= 0.6 is 28.1 Å². The Morgan fingerprint density at radius 1 is 1.18 bits per heavy atom. The molecule has 2 rings (SSSR count). The summed E-state index contributed by atoms with van der Waals surface area (Å²) in [7, 11) is 0. The van der Waals surface area contributed by atoms with Gasteiger partial charge in [-0.1, -0.05) is 28.1 Å². The van der Waals surface area contributed by atoms with Crippen LogP contribution in [0.3, 0.4) is 0 Å². The standard InChI is InChI=1S/C16H14BrFN2OS/c1-9-7-11(17)8-10(2)14(9)19-16(22)20-15(21)12-5-3-4-6-13(12)18/h3-8H,1-2H3,(H2,19,20,21,22). The lowest BCUT2D eigenvalue weighted by Crippen LogP contribution is -2.35. The highest BCUT2D eigenvalue weighted by molar-refractivity contribution is 9.10. The molecule has 3 nitrogen and oxygen atoms in total. The summed E-state index contributed by atoms with van der Waals surface area (Å²) in [6.45, 7) is 3.86. The molecule has 0 spiro atoms. The second-order valence-corrected chi connectivity index (χ2v) is 6.13. The molecule has 2 aromatic rings. The van der Waals surface area contributed by atoms with E-state index in [-0.39, 0.29) is 10.7 Å². The molecule has 114 valence electrons. The summed E-state index contributed by atoms with van der Waals surface area (Å²) >= 11 is 8.55. The van der Waals surface area contributed by atoms with Crippen LogP contribution in [-0.4, -0.2) is 11.0 Å². The average Bonchev–Trinajstić information content (AvgIpc) is 2.43. The van der Waals surface area contributed by atoms with Gasteiger partial charge >= 0.3 is 0 Å². The molecule has 1 amide bonds. The van der Waals surface area contributed by atoms with E-state index in [9.17, 15) is 9.18 Å². The molecule has 6 heteroatoms. The summed E-state index contributed by atoms with van der Waals surface area (Å²) in [5, 5.41) is 5.59. The highest BCUT2D eigenvalue weighted by Gasteiger charge is 2.13. The number of carbonyl (C=O) groups is 1. The number of hydrogen-bond acceptors (Lipinski definition) is 2. The number of aryl methyl sites for hydroxylation is 2. The minimum atomic E-state index is -0.584. The molecule has 2 N–H and O–H groups in total. The van der Waals surface area contributed by atoms with Crippen LogP contribution in [0.15, 0.2) is 40.9 Å². The third-order valence-electron chi connectivity index (χ3n) is 3.08. The largest absolute Gasteiger partial charge is 0.332 e. The fourth-order valence-electron chi connectivity index (χ4n) is 2.07. The first kappa shape index (κ1) is 16.6. The van der Waals surface area contributed by atoms with Gasteiger partial charge in [0.15, 0.2) is 5.11 Å². The SMILES string of the molecule is Cc1cc(Br)cc(C)c1NC(=S)NC(=O)c1ccccc1F. The van der Waals surface area contributed by atoms with Gasteiger partial charge < -0.3 is 5.32 Å². The summed E-state index contributed by atoms with van der Waals surface area (Å²) < 4.78 is 14.5. The maximum atomic E-state index is 13.6. The van der Waals surface area contributed by atoms with Gasteiger partial charge in [-0.25, -0.2) is 4.39 Å². The van der Waals surface area contributed by atoms with E-state index in [0.29, 0.717) is 0 Å². The van der Waals surface area contributed by atoms with Crippen LogP contribution in [-0.2, 0) is 0 Å². The second-order valence-electron chi connectivity index (χ2n) is 4.80. The third-order valence-corrected chi connectivity index (χ3v) is 3.74. The quantitative estimate of drug-likeness (QED) is 0.761. The molecule has 0 unspecified atom stereocenters. The number of carbonyl (C=O) groups excluding carboxylic acids is 1. The summed E-state index contributed by atoms with van der Waals surface area (Å²) in [4.78, 5) is 12.0. The molecule has 2 aromatic carbocycles. The fourth-order valence-corrected chi connectivity index (χ4v) is 2.95. The summed E-state index contributed by atoms with van der Waals surface area (Å²) in [6.07, 6.45) is 0. The van der Waals surface area contributed by atoms with Gasteiger partial charge in [0.05, 0.1) is 5.56 Å². The van der Waals surface area contributed by atoms with E-state index in [1.807, 2.05) is 26.0 Å². The van der Waals surface area contributed by atoms with Crippen LogP contribution < -0.4 is 10.6 Å². The Morgan fingerprint density at radius 2 is 1.77 bits per heavy atom. The van der Waals surface area contributed by atoms with Crippen LogP contribution in [0.2, 0.25) is 0 Å². The molecule has 22 heavy (non-hydrogen) atoms. The maximum Gasteiger partial charge on any atom is 0.260 e. The molecule has 0 aromatic heterocycles. The highest BCUT2D eigenvalue weighted by Crippen LogP contribution is 2.25. The molecule has 0 fully saturated rings. The number of amides is 1. The normalized spacial score (nSPS) is 10.2. The number of benzene rings is 2. The Bertz CT molecular complexity index is 726. The maximum absolute atomic E-state index is 13.6. The van der Waals surface area contributed by atoms with Gasteiger partial charge in [-0.3, -0.25) is 10.1 Å². The van der Waals surface area contributed by atoms with E-state index in [1.54, 1.807) is 6.07 Å². The van der Waals surface area contributed by atoms with Gasteiger partial charge in [0.2, 0.25) is 0 Å². The Hall–Kier alpha value is -1.79. The molecule has 0 radical (unpaired) electrons. The molecule has 0 atom stereocenters. The highest BCUT2D eigenvalue weighted by atomic mass is 79.9. The minimum Gasteiger partial charge on any atom is -0.332 e. The molecule has 0 heterocycles. The van der Waals surface area contributed by atoms with Crippen LogP contribution in [0.1, 0.15) is 21.5 Å². The zero-order chi connectivity index (χ0) is 16.3. The van der Waals surface area contributed by atoms with Crippen LogP contribution in [0.25, 0.3) is 0 Å².